The third-order valence-corrected chi connectivity index (χ3v) is 7.18. The number of amides is 2. The molecule has 2 fully saturated rings. The molecule has 0 N–H and O–H groups in total. The number of carbonyl (C=O) groups excluding carboxylic acids is 2. The average Bonchev–Trinajstić information content (AvgIpc) is 3.32. The maximum absolute atomic E-state index is 13.4. The van der Waals surface area contributed by atoms with Crippen LogP contribution in [-0.2, 0) is 11.2 Å². The van der Waals surface area contributed by atoms with Crippen molar-refractivity contribution in [1.82, 2.24) is 19.9 Å². The molecule has 1 aromatic heterocycles. The Labute approximate surface area is 212 Å². The van der Waals surface area contributed by atoms with E-state index in [1.165, 1.54) is 0 Å². The number of likely N-dealkylation sites (N-methyl/N-ethyl adjacent to an activating group) is 1. The number of hydrogen-bond donors (Lipinski definition) is 0. The van der Waals surface area contributed by atoms with E-state index in [1.807, 2.05) is 17.0 Å². The van der Waals surface area contributed by atoms with Gasteiger partial charge in [-0.15, -0.1) is 0 Å². The highest BCUT2D eigenvalue weighted by Crippen LogP contribution is 2.36. The fourth-order valence-corrected chi connectivity index (χ4v) is 5.10. The van der Waals surface area contributed by atoms with Crippen molar-refractivity contribution in [2.45, 2.75) is 39.0 Å². The quantitative estimate of drug-likeness (QED) is 0.547. The summed E-state index contributed by atoms with van der Waals surface area (Å²) in [5.74, 6) is 1.34. The lowest BCUT2D eigenvalue weighted by Crippen LogP contribution is -2.53. The summed E-state index contributed by atoms with van der Waals surface area (Å²) < 4.78 is 11.5. The van der Waals surface area contributed by atoms with Crippen LogP contribution in [0.2, 0.25) is 5.02 Å². The minimum Gasteiger partial charge on any atom is -0.493 e. The molecule has 2 aliphatic heterocycles. The number of benzene rings is 1. The first kappa shape index (κ1) is 25.5. The molecule has 0 spiro atoms. The summed E-state index contributed by atoms with van der Waals surface area (Å²) >= 11 is 6.14. The summed E-state index contributed by atoms with van der Waals surface area (Å²) in [4.78, 5) is 32.6. The third-order valence-electron chi connectivity index (χ3n) is 6.95. The van der Waals surface area contributed by atoms with E-state index in [9.17, 15) is 9.59 Å². The van der Waals surface area contributed by atoms with Gasteiger partial charge in [0.1, 0.15) is 11.5 Å². The number of aryl methyl sites for hydroxylation is 1. The van der Waals surface area contributed by atoms with Crippen LogP contribution in [0, 0.1) is 5.41 Å². The van der Waals surface area contributed by atoms with Crippen LogP contribution < -0.4 is 4.74 Å². The van der Waals surface area contributed by atoms with E-state index < -0.39 is 5.41 Å². The molecule has 35 heavy (non-hydrogen) atoms. The summed E-state index contributed by atoms with van der Waals surface area (Å²) in [6.07, 6.45) is 3.60. The number of hydrogen-bond acceptors (Lipinski definition) is 6. The minimum atomic E-state index is -0.493. The molecular weight excluding hydrogens is 468 g/mol. The molecule has 2 aromatic rings. The second kappa shape index (κ2) is 11.4. The number of piperidine rings is 1. The highest BCUT2D eigenvalue weighted by molar-refractivity contribution is 6.30. The van der Waals surface area contributed by atoms with Gasteiger partial charge in [0, 0.05) is 68.6 Å². The number of piperazine rings is 1. The molecule has 0 bridgehead atoms. The monoisotopic (exact) mass is 502 g/mol. The van der Waals surface area contributed by atoms with Gasteiger partial charge in [0.15, 0.2) is 5.69 Å². The summed E-state index contributed by atoms with van der Waals surface area (Å²) in [6.45, 7) is 6.63. The lowest BCUT2D eigenvalue weighted by Gasteiger charge is -2.43. The SMILES string of the molecule is CCCc1cc(C(=O)N2CCC[C@](COc3cccc(Cl)c3)(CC(=O)N3CCN(C)CC3)C2)no1. The number of nitrogens with zero attached hydrogens (tertiary/aromatic N) is 4. The van der Waals surface area contributed by atoms with Gasteiger partial charge in [0.25, 0.3) is 5.91 Å². The molecule has 1 atom stereocenters. The fourth-order valence-electron chi connectivity index (χ4n) is 4.92. The second-order valence-corrected chi connectivity index (χ2v) is 10.3. The van der Waals surface area contributed by atoms with Crippen LogP contribution in [0.3, 0.4) is 0 Å². The molecule has 9 heteroatoms. The summed E-state index contributed by atoms with van der Waals surface area (Å²) in [5.41, 5.74) is -0.169. The van der Waals surface area contributed by atoms with Crippen molar-refractivity contribution in [2.24, 2.45) is 5.41 Å². The number of likely N-dealkylation sites (tertiary alicyclic amines) is 1. The van der Waals surface area contributed by atoms with Crippen molar-refractivity contribution in [3.63, 3.8) is 0 Å². The molecule has 8 nitrogen and oxygen atoms in total. The predicted octanol–water partition coefficient (Wildman–Crippen LogP) is 3.75. The number of ether oxygens (including phenoxy) is 1. The van der Waals surface area contributed by atoms with Gasteiger partial charge >= 0.3 is 0 Å². The Hall–Kier alpha value is -2.58. The topological polar surface area (TPSA) is 79.1 Å². The van der Waals surface area contributed by atoms with Crippen LogP contribution in [0.4, 0.5) is 0 Å². The minimum absolute atomic E-state index is 0.119. The molecule has 0 saturated carbocycles. The zero-order valence-electron chi connectivity index (χ0n) is 20.7. The van der Waals surface area contributed by atoms with Crippen molar-refractivity contribution in [2.75, 3.05) is 52.9 Å². The van der Waals surface area contributed by atoms with Crippen molar-refractivity contribution in [3.05, 3.63) is 46.8 Å². The van der Waals surface area contributed by atoms with E-state index >= 15 is 0 Å². The van der Waals surface area contributed by atoms with Gasteiger partial charge in [-0.05, 0) is 44.5 Å². The molecule has 4 rings (SSSR count). The smallest absolute Gasteiger partial charge is 0.276 e. The van der Waals surface area contributed by atoms with Crippen molar-refractivity contribution in [1.29, 1.82) is 0 Å². The summed E-state index contributed by atoms with van der Waals surface area (Å²) in [7, 11) is 2.07. The lowest BCUT2D eigenvalue weighted by atomic mass is 9.77. The summed E-state index contributed by atoms with van der Waals surface area (Å²) in [5, 5.41) is 4.61. The summed E-state index contributed by atoms with van der Waals surface area (Å²) in [6, 6.07) is 9.01. The maximum atomic E-state index is 13.4. The molecule has 2 amide bonds. The van der Waals surface area contributed by atoms with Gasteiger partial charge in [-0.3, -0.25) is 9.59 Å². The molecule has 0 aliphatic carbocycles. The van der Waals surface area contributed by atoms with E-state index in [4.69, 9.17) is 20.9 Å². The van der Waals surface area contributed by atoms with Gasteiger partial charge in [-0.2, -0.15) is 0 Å². The average molecular weight is 503 g/mol. The molecule has 2 aliphatic rings. The standard InChI is InChI=1S/C26H35ClN4O4/c1-3-6-22-16-23(28-35-22)25(33)31-10-5-9-26(18-31,19-34-21-8-4-7-20(27)15-21)17-24(32)30-13-11-29(2)12-14-30/h4,7-8,15-16H,3,5-6,9-14,17-19H2,1-2H3/t26-/m0/s1. The van der Waals surface area contributed by atoms with Crippen molar-refractivity contribution >= 4 is 23.4 Å². The van der Waals surface area contributed by atoms with Gasteiger partial charge in [0.2, 0.25) is 5.91 Å². The van der Waals surface area contributed by atoms with Gasteiger partial charge in [0.05, 0.1) is 6.61 Å². The Kier molecular flexibility index (Phi) is 8.34. The Morgan fingerprint density at radius 1 is 1.14 bits per heavy atom. The molecule has 0 unspecified atom stereocenters. The largest absolute Gasteiger partial charge is 0.493 e. The number of rotatable bonds is 8. The number of halogens is 1. The lowest BCUT2D eigenvalue weighted by molar-refractivity contribution is -0.137. The third kappa shape index (κ3) is 6.55. The molecule has 190 valence electrons. The van der Waals surface area contributed by atoms with E-state index in [1.54, 1.807) is 23.1 Å². The zero-order chi connectivity index (χ0) is 24.8. The van der Waals surface area contributed by atoms with E-state index in [-0.39, 0.29) is 11.8 Å². The van der Waals surface area contributed by atoms with E-state index in [2.05, 4.69) is 24.0 Å². The first-order valence-electron chi connectivity index (χ1n) is 12.5. The zero-order valence-corrected chi connectivity index (χ0v) is 21.4. The Morgan fingerprint density at radius 3 is 2.69 bits per heavy atom. The van der Waals surface area contributed by atoms with Gasteiger partial charge in [-0.1, -0.05) is 29.7 Å². The van der Waals surface area contributed by atoms with E-state index in [0.717, 1.165) is 51.9 Å². The molecule has 2 saturated heterocycles. The Morgan fingerprint density at radius 2 is 1.94 bits per heavy atom. The second-order valence-electron chi connectivity index (χ2n) is 9.87. The Bertz CT molecular complexity index is 1020. The van der Waals surface area contributed by atoms with Crippen LogP contribution in [0.15, 0.2) is 34.9 Å². The first-order valence-corrected chi connectivity index (χ1v) is 12.8. The van der Waals surface area contributed by atoms with Gasteiger partial charge < -0.3 is 24.0 Å². The van der Waals surface area contributed by atoms with Gasteiger partial charge in [-0.25, -0.2) is 0 Å². The molecular formula is C26H35ClN4O4. The fraction of sp³-hybridized carbons (Fsp3) is 0.577. The molecule has 3 heterocycles. The molecule has 1 aromatic carbocycles. The Balaban J connectivity index is 1.51. The van der Waals surface area contributed by atoms with Crippen molar-refractivity contribution in [3.8, 4) is 5.75 Å². The van der Waals surface area contributed by atoms with Crippen LogP contribution in [0.25, 0.3) is 0 Å². The van der Waals surface area contributed by atoms with Crippen LogP contribution in [-0.4, -0.2) is 84.6 Å². The van der Waals surface area contributed by atoms with Crippen LogP contribution in [0.1, 0.15) is 48.9 Å². The predicted molar refractivity (Wildman–Crippen MR) is 134 cm³/mol. The maximum Gasteiger partial charge on any atom is 0.276 e. The van der Waals surface area contributed by atoms with E-state index in [0.29, 0.717) is 48.3 Å². The highest BCUT2D eigenvalue weighted by atomic mass is 35.5. The van der Waals surface area contributed by atoms with Crippen LogP contribution in [0.5, 0.6) is 5.75 Å². The van der Waals surface area contributed by atoms with Crippen molar-refractivity contribution < 1.29 is 18.8 Å². The first-order chi connectivity index (χ1) is 16.9. The van der Waals surface area contributed by atoms with Crippen LogP contribution >= 0.6 is 11.6 Å². The normalized spacial score (nSPS) is 21.2. The number of aromatic nitrogens is 1. The molecule has 0 radical (unpaired) electrons. The highest BCUT2D eigenvalue weighted by Gasteiger charge is 2.41. The number of carbonyl (C=O) groups is 2.